The molecule has 1 amide bonds. The van der Waals surface area contributed by atoms with Gasteiger partial charge in [0.1, 0.15) is 12.3 Å². The molecule has 114 valence electrons. The first-order valence-electron chi connectivity index (χ1n) is 7.29. The SMILES string of the molecule is COc1ccc(CN2C(=O)c3cccc4cc[n+]([O-])c2c34)cc1. The van der Waals surface area contributed by atoms with Crippen LogP contribution in [-0.4, -0.2) is 13.0 Å². The second-order valence-electron chi connectivity index (χ2n) is 5.47. The van der Waals surface area contributed by atoms with Crippen molar-refractivity contribution in [1.29, 1.82) is 0 Å². The molecule has 0 spiro atoms. The molecule has 0 N–H and O–H groups in total. The van der Waals surface area contributed by atoms with Crippen molar-refractivity contribution in [2.45, 2.75) is 6.54 Å². The Morgan fingerprint density at radius 1 is 1.13 bits per heavy atom. The lowest BCUT2D eigenvalue weighted by Gasteiger charge is -2.15. The molecule has 4 rings (SSSR count). The van der Waals surface area contributed by atoms with E-state index in [2.05, 4.69) is 0 Å². The number of rotatable bonds is 3. The third-order valence-corrected chi connectivity index (χ3v) is 4.15. The number of benzene rings is 2. The molecule has 0 saturated carbocycles. The number of aromatic nitrogens is 1. The lowest BCUT2D eigenvalue weighted by atomic mass is 10.1. The molecular weight excluding hydrogens is 292 g/mol. The van der Waals surface area contributed by atoms with Crippen LogP contribution in [0.25, 0.3) is 10.8 Å². The molecule has 0 radical (unpaired) electrons. The third kappa shape index (κ3) is 2.01. The van der Waals surface area contributed by atoms with Crippen molar-refractivity contribution in [3.8, 4) is 5.75 Å². The van der Waals surface area contributed by atoms with Crippen molar-refractivity contribution < 1.29 is 14.3 Å². The monoisotopic (exact) mass is 306 g/mol. The van der Waals surface area contributed by atoms with Crippen molar-refractivity contribution in [3.05, 3.63) is 71.1 Å². The summed E-state index contributed by atoms with van der Waals surface area (Å²) in [7, 11) is 1.61. The summed E-state index contributed by atoms with van der Waals surface area (Å²) in [5, 5.41) is 13.9. The predicted molar refractivity (Wildman–Crippen MR) is 86.4 cm³/mol. The minimum absolute atomic E-state index is 0.141. The maximum absolute atomic E-state index is 12.7. The smallest absolute Gasteiger partial charge is 0.342 e. The maximum atomic E-state index is 12.7. The van der Waals surface area contributed by atoms with Gasteiger partial charge in [0, 0.05) is 0 Å². The van der Waals surface area contributed by atoms with Gasteiger partial charge in [-0.3, -0.25) is 0 Å². The van der Waals surface area contributed by atoms with E-state index in [1.54, 1.807) is 19.2 Å². The van der Waals surface area contributed by atoms with E-state index in [1.165, 1.54) is 11.1 Å². The standard InChI is InChI=1S/C18H14N2O3/c1-23-14-7-5-12(6-8-14)11-19-17-16-13(9-10-20(17)22)3-2-4-15(16)18(19)21/h2-10H,11H2,1H3. The highest BCUT2D eigenvalue weighted by Gasteiger charge is 2.38. The fourth-order valence-electron chi connectivity index (χ4n) is 3.02. The van der Waals surface area contributed by atoms with E-state index in [4.69, 9.17) is 4.74 Å². The Hall–Kier alpha value is -3.08. The molecule has 0 unspecified atom stereocenters. The lowest BCUT2D eigenvalue weighted by molar-refractivity contribution is -0.590. The van der Waals surface area contributed by atoms with E-state index in [0.717, 1.165) is 26.8 Å². The van der Waals surface area contributed by atoms with Gasteiger partial charge in [-0.1, -0.05) is 24.3 Å². The number of methoxy groups -OCH3 is 1. The van der Waals surface area contributed by atoms with Crippen molar-refractivity contribution >= 4 is 22.5 Å². The van der Waals surface area contributed by atoms with Crippen LogP contribution in [0.5, 0.6) is 5.75 Å². The van der Waals surface area contributed by atoms with E-state index >= 15 is 0 Å². The van der Waals surface area contributed by atoms with Gasteiger partial charge in [-0.05, 0) is 35.2 Å². The zero-order chi connectivity index (χ0) is 16.0. The van der Waals surface area contributed by atoms with Gasteiger partial charge in [-0.2, -0.15) is 4.90 Å². The average molecular weight is 306 g/mol. The van der Waals surface area contributed by atoms with Crippen LogP contribution in [0.2, 0.25) is 0 Å². The molecule has 2 heterocycles. The van der Waals surface area contributed by atoms with Gasteiger partial charge in [0.15, 0.2) is 0 Å². The summed E-state index contributed by atoms with van der Waals surface area (Å²) < 4.78 is 5.91. The number of anilines is 1. The van der Waals surface area contributed by atoms with Crippen LogP contribution in [0.1, 0.15) is 15.9 Å². The van der Waals surface area contributed by atoms with Crippen molar-refractivity contribution in [2.75, 3.05) is 12.0 Å². The van der Waals surface area contributed by atoms with Crippen molar-refractivity contribution in [3.63, 3.8) is 0 Å². The summed E-state index contributed by atoms with van der Waals surface area (Å²) in [5.74, 6) is 1.02. The molecule has 0 saturated heterocycles. The molecular formula is C18H14N2O3. The molecule has 1 aliphatic rings. The van der Waals surface area contributed by atoms with Crippen molar-refractivity contribution in [2.24, 2.45) is 0 Å². The molecule has 23 heavy (non-hydrogen) atoms. The van der Waals surface area contributed by atoms with E-state index < -0.39 is 0 Å². The summed E-state index contributed by atoms with van der Waals surface area (Å²) >= 11 is 0. The molecule has 5 nitrogen and oxygen atoms in total. The molecule has 1 aliphatic heterocycles. The van der Waals surface area contributed by atoms with Gasteiger partial charge in [0.25, 0.3) is 5.82 Å². The second kappa shape index (κ2) is 4.98. The van der Waals surface area contributed by atoms with Gasteiger partial charge >= 0.3 is 5.91 Å². The minimum atomic E-state index is -0.141. The van der Waals surface area contributed by atoms with Crippen LogP contribution in [0.3, 0.4) is 0 Å². The van der Waals surface area contributed by atoms with Gasteiger partial charge < -0.3 is 9.94 Å². The Balaban J connectivity index is 1.79. The van der Waals surface area contributed by atoms with Gasteiger partial charge in [-0.15, -0.1) is 0 Å². The van der Waals surface area contributed by atoms with Gasteiger partial charge in [-0.25, -0.2) is 9.52 Å². The first kappa shape index (κ1) is 13.6. The lowest BCUT2D eigenvalue weighted by Crippen LogP contribution is -2.37. The Morgan fingerprint density at radius 3 is 2.65 bits per heavy atom. The fraction of sp³-hybridized carbons (Fsp3) is 0.111. The molecule has 2 aromatic carbocycles. The number of carbonyl (C=O) groups is 1. The number of hydrogen-bond donors (Lipinski definition) is 0. The number of pyridine rings is 1. The van der Waals surface area contributed by atoms with Gasteiger partial charge in [0.2, 0.25) is 0 Å². The molecule has 1 aromatic heterocycles. The summed E-state index contributed by atoms with van der Waals surface area (Å²) in [4.78, 5) is 14.2. The number of carbonyl (C=O) groups excluding carboxylic acids is 1. The first-order chi connectivity index (χ1) is 11.2. The van der Waals surface area contributed by atoms with E-state index in [0.29, 0.717) is 17.9 Å². The van der Waals surface area contributed by atoms with Crippen LogP contribution in [0.4, 0.5) is 5.82 Å². The largest absolute Gasteiger partial charge is 0.711 e. The highest BCUT2D eigenvalue weighted by Crippen LogP contribution is 2.35. The van der Waals surface area contributed by atoms with E-state index in [-0.39, 0.29) is 5.91 Å². The fourth-order valence-corrected chi connectivity index (χ4v) is 3.02. The summed E-state index contributed by atoms with van der Waals surface area (Å²) in [5.41, 5.74) is 1.51. The van der Waals surface area contributed by atoms with Crippen LogP contribution in [0.15, 0.2) is 54.7 Å². The van der Waals surface area contributed by atoms with Gasteiger partial charge in [0.05, 0.1) is 24.3 Å². The van der Waals surface area contributed by atoms with Crippen molar-refractivity contribution in [1.82, 2.24) is 0 Å². The summed E-state index contributed by atoms with van der Waals surface area (Å²) in [6.07, 6.45) is 1.45. The summed E-state index contributed by atoms with van der Waals surface area (Å²) in [6.45, 7) is 0.346. The Morgan fingerprint density at radius 2 is 1.91 bits per heavy atom. The van der Waals surface area contributed by atoms with Crippen LogP contribution in [-0.2, 0) is 6.54 Å². The van der Waals surface area contributed by atoms with Crippen LogP contribution in [0, 0.1) is 5.21 Å². The molecule has 5 heteroatoms. The quantitative estimate of drug-likeness (QED) is 0.552. The Bertz CT molecular complexity index is 919. The number of ether oxygens (including phenoxy) is 1. The zero-order valence-corrected chi connectivity index (χ0v) is 12.5. The van der Waals surface area contributed by atoms with Crippen LogP contribution >= 0.6 is 0 Å². The normalized spacial score (nSPS) is 12.9. The summed E-state index contributed by atoms with van der Waals surface area (Å²) in [6, 6.07) is 14.7. The third-order valence-electron chi connectivity index (χ3n) is 4.15. The minimum Gasteiger partial charge on any atom is -0.711 e. The molecule has 0 aliphatic carbocycles. The number of hydrogen-bond acceptors (Lipinski definition) is 3. The Labute approximate surface area is 132 Å². The second-order valence-corrected chi connectivity index (χ2v) is 5.47. The highest BCUT2D eigenvalue weighted by molar-refractivity contribution is 6.23. The zero-order valence-electron chi connectivity index (χ0n) is 12.5. The molecule has 0 fully saturated rings. The topological polar surface area (TPSA) is 56.5 Å². The maximum Gasteiger partial charge on any atom is 0.342 e. The average Bonchev–Trinajstić information content (AvgIpc) is 2.87. The Kier molecular flexibility index (Phi) is 2.94. The predicted octanol–water partition coefficient (Wildman–Crippen LogP) is 2.64. The molecule has 3 aromatic rings. The number of nitrogens with zero attached hydrogens (tertiary/aromatic N) is 2. The number of amides is 1. The molecule has 0 bridgehead atoms. The molecule has 0 atom stereocenters. The van der Waals surface area contributed by atoms with Crippen LogP contribution < -0.4 is 14.4 Å². The first-order valence-corrected chi connectivity index (χ1v) is 7.29. The van der Waals surface area contributed by atoms with E-state index in [1.807, 2.05) is 36.4 Å². The highest BCUT2D eigenvalue weighted by atomic mass is 16.5. The van der Waals surface area contributed by atoms with E-state index in [9.17, 15) is 10.0 Å².